The SMILES string of the molecule is FC(F)(F)c1cc(N2C[C@@H]3[C@H]4CC[C@@H](C4)[C@H]32)n2ncnc2n1. The molecule has 22 heavy (non-hydrogen) atoms. The summed E-state index contributed by atoms with van der Waals surface area (Å²) in [6.07, 6.45) is 0.484. The maximum absolute atomic E-state index is 13.1. The molecule has 5 rings (SSSR count). The highest BCUT2D eigenvalue weighted by atomic mass is 19.4. The summed E-state index contributed by atoms with van der Waals surface area (Å²) in [4.78, 5) is 9.50. The Labute approximate surface area is 124 Å². The molecule has 8 heteroatoms. The Morgan fingerprint density at radius 1 is 1.18 bits per heavy atom. The van der Waals surface area contributed by atoms with E-state index in [0.717, 1.165) is 18.5 Å². The molecule has 2 bridgehead atoms. The van der Waals surface area contributed by atoms with Crippen LogP contribution in [0.2, 0.25) is 0 Å². The van der Waals surface area contributed by atoms with Crippen LogP contribution in [0.3, 0.4) is 0 Å². The molecular weight excluding hydrogens is 295 g/mol. The predicted octanol–water partition coefficient (Wildman–Crippen LogP) is 2.38. The van der Waals surface area contributed by atoms with Gasteiger partial charge in [0, 0.05) is 18.7 Å². The van der Waals surface area contributed by atoms with E-state index in [-0.39, 0.29) is 5.78 Å². The Morgan fingerprint density at radius 2 is 2.00 bits per heavy atom. The molecule has 1 aliphatic heterocycles. The molecule has 2 aromatic rings. The summed E-state index contributed by atoms with van der Waals surface area (Å²) in [5.74, 6) is 2.51. The summed E-state index contributed by atoms with van der Waals surface area (Å²) in [5.41, 5.74) is -0.894. The van der Waals surface area contributed by atoms with E-state index in [9.17, 15) is 13.2 Å². The van der Waals surface area contributed by atoms with Gasteiger partial charge in [-0.1, -0.05) is 0 Å². The van der Waals surface area contributed by atoms with Gasteiger partial charge >= 0.3 is 6.18 Å². The molecule has 0 amide bonds. The number of rotatable bonds is 1. The van der Waals surface area contributed by atoms with Crippen molar-refractivity contribution in [1.82, 2.24) is 19.6 Å². The zero-order chi connectivity index (χ0) is 15.1. The van der Waals surface area contributed by atoms with E-state index in [1.807, 2.05) is 0 Å². The quantitative estimate of drug-likeness (QED) is 0.811. The van der Waals surface area contributed by atoms with Crippen LogP contribution in [0.1, 0.15) is 25.0 Å². The van der Waals surface area contributed by atoms with E-state index >= 15 is 0 Å². The Balaban J connectivity index is 1.61. The fourth-order valence-electron chi connectivity index (χ4n) is 4.73. The van der Waals surface area contributed by atoms with Crippen LogP contribution in [-0.4, -0.2) is 32.2 Å². The summed E-state index contributed by atoms with van der Waals surface area (Å²) >= 11 is 0. The Hall–Kier alpha value is -1.86. The second-order valence-electron chi connectivity index (χ2n) is 6.61. The van der Waals surface area contributed by atoms with Crippen LogP contribution in [0.4, 0.5) is 19.0 Å². The molecule has 0 radical (unpaired) electrons. The van der Waals surface area contributed by atoms with E-state index in [4.69, 9.17) is 0 Å². The second kappa shape index (κ2) is 3.91. The number of alkyl halides is 3. The predicted molar refractivity (Wildman–Crippen MR) is 71.2 cm³/mol. The number of hydrogen-bond donors (Lipinski definition) is 0. The molecular formula is C14H14F3N5. The lowest BCUT2D eigenvalue weighted by Gasteiger charge is -2.51. The van der Waals surface area contributed by atoms with Gasteiger partial charge < -0.3 is 4.90 Å². The van der Waals surface area contributed by atoms with Crippen LogP contribution in [0.5, 0.6) is 0 Å². The lowest BCUT2D eigenvalue weighted by molar-refractivity contribution is -0.141. The summed E-state index contributed by atoms with van der Waals surface area (Å²) in [6.45, 7) is 0.822. The lowest BCUT2D eigenvalue weighted by Crippen LogP contribution is -2.59. The number of hydrogen-bond acceptors (Lipinski definition) is 4. The van der Waals surface area contributed by atoms with Crippen LogP contribution in [-0.2, 0) is 6.18 Å². The molecule has 0 N–H and O–H groups in total. The second-order valence-corrected chi connectivity index (χ2v) is 6.61. The fourth-order valence-corrected chi connectivity index (χ4v) is 4.73. The van der Waals surface area contributed by atoms with Crippen molar-refractivity contribution in [3.8, 4) is 0 Å². The summed E-state index contributed by atoms with van der Waals surface area (Å²) < 4.78 is 40.6. The van der Waals surface area contributed by atoms with E-state index in [2.05, 4.69) is 20.0 Å². The first-order valence-electron chi connectivity index (χ1n) is 7.57. The number of fused-ring (bicyclic) bond motifs is 6. The van der Waals surface area contributed by atoms with Gasteiger partial charge in [0.15, 0.2) is 5.69 Å². The van der Waals surface area contributed by atoms with Crippen LogP contribution in [0.15, 0.2) is 12.4 Å². The molecule has 116 valence electrons. The largest absolute Gasteiger partial charge is 0.433 e. The summed E-state index contributed by atoms with van der Waals surface area (Å²) in [6, 6.07) is 1.49. The number of halogens is 3. The van der Waals surface area contributed by atoms with Gasteiger partial charge in [-0.05, 0) is 37.0 Å². The molecule has 0 spiro atoms. The van der Waals surface area contributed by atoms with Crippen LogP contribution in [0.25, 0.3) is 5.78 Å². The topological polar surface area (TPSA) is 46.3 Å². The van der Waals surface area contributed by atoms with Crippen molar-refractivity contribution in [2.24, 2.45) is 17.8 Å². The molecule has 2 saturated carbocycles. The molecule has 4 atom stereocenters. The molecule has 1 saturated heterocycles. The number of nitrogens with zero attached hydrogens (tertiary/aromatic N) is 5. The minimum atomic E-state index is -4.47. The zero-order valence-corrected chi connectivity index (χ0v) is 11.7. The Bertz CT molecular complexity index is 753. The third-order valence-electron chi connectivity index (χ3n) is 5.63. The first-order valence-corrected chi connectivity index (χ1v) is 7.57. The molecule has 3 fully saturated rings. The smallest absolute Gasteiger partial charge is 0.352 e. The van der Waals surface area contributed by atoms with Crippen molar-refractivity contribution in [2.45, 2.75) is 31.5 Å². The Morgan fingerprint density at radius 3 is 2.77 bits per heavy atom. The molecule has 0 unspecified atom stereocenters. The number of anilines is 1. The molecule has 0 aromatic carbocycles. The standard InChI is InChI=1S/C14H14F3N5/c15-14(16,17)10-4-11(22-13(20-10)18-6-19-22)21-5-9-7-1-2-8(3-7)12(9)21/h4,6-9,12H,1-3,5H2/t7-,8-,9+,12+/m0/s1. The van der Waals surface area contributed by atoms with Crippen molar-refractivity contribution in [2.75, 3.05) is 11.4 Å². The van der Waals surface area contributed by atoms with Crippen LogP contribution < -0.4 is 4.90 Å². The Kier molecular flexibility index (Phi) is 2.25. The highest BCUT2D eigenvalue weighted by Gasteiger charge is 2.57. The molecule has 3 aliphatic rings. The first kappa shape index (κ1) is 12.7. The molecule has 3 heterocycles. The minimum Gasteiger partial charge on any atom is -0.352 e. The fraction of sp³-hybridized carbons (Fsp3) is 0.643. The summed E-state index contributed by atoms with van der Waals surface area (Å²) in [5, 5.41) is 4.06. The minimum absolute atomic E-state index is 0.0106. The van der Waals surface area contributed by atoms with Crippen molar-refractivity contribution in [1.29, 1.82) is 0 Å². The zero-order valence-electron chi connectivity index (χ0n) is 11.7. The van der Waals surface area contributed by atoms with Crippen LogP contribution in [0, 0.1) is 17.8 Å². The van der Waals surface area contributed by atoms with Crippen molar-refractivity contribution in [3.05, 3.63) is 18.1 Å². The molecule has 5 nitrogen and oxygen atoms in total. The summed E-state index contributed by atoms with van der Waals surface area (Å²) in [7, 11) is 0. The van der Waals surface area contributed by atoms with Gasteiger partial charge in [0.25, 0.3) is 5.78 Å². The lowest BCUT2D eigenvalue weighted by atomic mass is 9.77. The van der Waals surface area contributed by atoms with E-state index in [1.165, 1.54) is 30.1 Å². The normalized spacial score (nSPS) is 33.3. The van der Waals surface area contributed by atoms with Crippen molar-refractivity contribution in [3.63, 3.8) is 0 Å². The monoisotopic (exact) mass is 309 g/mol. The van der Waals surface area contributed by atoms with E-state index in [1.54, 1.807) is 0 Å². The number of aromatic nitrogens is 4. The third-order valence-corrected chi connectivity index (χ3v) is 5.63. The van der Waals surface area contributed by atoms with Crippen molar-refractivity contribution < 1.29 is 13.2 Å². The van der Waals surface area contributed by atoms with Gasteiger partial charge in [0.1, 0.15) is 12.1 Å². The average Bonchev–Trinajstić information content (AvgIpc) is 3.09. The van der Waals surface area contributed by atoms with E-state index in [0.29, 0.717) is 23.7 Å². The first-order chi connectivity index (χ1) is 10.5. The van der Waals surface area contributed by atoms with Gasteiger partial charge in [0.05, 0.1) is 0 Å². The van der Waals surface area contributed by atoms with Gasteiger partial charge in [-0.25, -0.2) is 4.98 Å². The van der Waals surface area contributed by atoms with Gasteiger partial charge in [-0.15, -0.1) is 0 Å². The molecule has 2 aromatic heterocycles. The van der Waals surface area contributed by atoms with Gasteiger partial charge in [0.2, 0.25) is 0 Å². The molecule has 2 aliphatic carbocycles. The highest BCUT2D eigenvalue weighted by molar-refractivity contribution is 5.52. The third kappa shape index (κ3) is 1.52. The maximum Gasteiger partial charge on any atom is 0.433 e. The van der Waals surface area contributed by atoms with Gasteiger partial charge in [-0.3, -0.25) is 0 Å². The average molecular weight is 309 g/mol. The van der Waals surface area contributed by atoms with Crippen molar-refractivity contribution >= 4 is 11.6 Å². The van der Waals surface area contributed by atoms with E-state index < -0.39 is 11.9 Å². The maximum atomic E-state index is 13.1. The van der Waals surface area contributed by atoms with Gasteiger partial charge in [-0.2, -0.15) is 27.8 Å². The highest BCUT2D eigenvalue weighted by Crippen LogP contribution is 2.56. The van der Waals surface area contributed by atoms with Crippen LogP contribution >= 0.6 is 0 Å².